The van der Waals surface area contributed by atoms with Crippen LogP contribution in [0, 0.1) is 5.92 Å². The van der Waals surface area contributed by atoms with Crippen LogP contribution in [0.3, 0.4) is 0 Å². The van der Waals surface area contributed by atoms with Crippen LogP contribution in [0.1, 0.15) is 38.5 Å². The average molecular weight is 220 g/mol. The minimum absolute atomic E-state index is 0. The fourth-order valence-corrected chi connectivity index (χ4v) is 2.51. The number of hydrogen-bond donors (Lipinski definition) is 1. The zero-order valence-corrected chi connectivity index (χ0v) is 9.65. The fourth-order valence-electron chi connectivity index (χ4n) is 2.51. The Morgan fingerprint density at radius 3 is 2.50 bits per heavy atom. The van der Waals surface area contributed by atoms with Gasteiger partial charge in [-0.3, -0.25) is 0 Å². The Kier molecular flexibility index (Phi) is 5.83. The summed E-state index contributed by atoms with van der Waals surface area (Å²) in [6.07, 6.45) is 8.18. The lowest BCUT2D eigenvalue weighted by atomic mass is 9.89. The lowest BCUT2D eigenvalue weighted by Gasteiger charge is -2.29. The van der Waals surface area contributed by atoms with Gasteiger partial charge in [-0.25, -0.2) is 0 Å². The molecule has 1 N–H and O–H groups in total. The molecular formula is C11H22ClNO. The molecule has 0 aromatic carbocycles. The Balaban J connectivity index is 0.000000980. The molecule has 0 saturated carbocycles. The molecule has 1 atom stereocenters. The van der Waals surface area contributed by atoms with Crippen molar-refractivity contribution in [3.63, 3.8) is 0 Å². The summed E-state index contributed by atoms with van der Waals surface area (Å²) in [6.45, 7) is 3.24. The maximum atomic E-state index is 5.37. The summed E-state index contributed by atoms with van der Waals surface area (Å²) in [6, 6.07) is 0.817. The van der Waals surface area contributed by atoms with Gasteiger partial charge in [-0.05, 0) is 44.6 Å². The van der Waals surface area contributed by atoms with E-state index in [0.717, 1.165) is 25.2 Å². The van der Waals surface area contributed by atoms with Gasteiger partial charge in [0.05, 0.1) is 0 Å². The molecule has 0 amide bonds. The van der Waals surface area contributed by atoms with Crippen LogP contribution in [0.25, 0.3) is 0 Å². The van der Waals surface area contributed by atoms with Gasteiger partial charge >= 0.3 is 0 Å². The molecular weight excluding hydrogens is 198 g/mol. The number of halogens is 1. The molecule has 2 fully saturated rings. The van der Waals surface area contributed by atoms with Gasteiger partial charge in [0.15, 0.2) is 0 Å². The molecule has 2 rings (SSSR count). The van der Waals surface area contributed by atoms with E-state index < -0.39 is 0 Å². The Morgan fingerprint density at radius 2 is 1.86 bits per heavy atom. The second-order valence-electron chi connectivity index (χ2n) is 4.44. The van der Waals surface area contributed by atoms with Gasteiger partial charge < -0.3 is 10.1 Å². The van der Waals surface area contributed by atoms with Crippen LogP contribution in [0.5, 0.6) is 0 Å². The van der Waals surface area contributed by atoms with E-state index in [4.69, 9.17) is 4.74 Å². The summed E-state index contributed by atoms with van der Waals surface area (Å²) >= 11 is 0. The monoisotopic (exact) mass is 219 g/mol. The lowest BCUT2D eigenvalue weighted by molar-refractivity contribution is 0.0595. The molecule has 3 heteroatoms. The molecule has 2 aliphatic heterocycles. The van der Waals surface area contributed by atoms with Crippen LogP contribution >= 0.6 is 12.4 Å². The molecule has 1 unspecified atom stereocenters. The van der Waals surface area contributed by atoms with E-state index in [9.17, 15) is 0 Å². The molecule has 2 aliphatic rings. The second kappa shape index (κ2) is 6.65. The summed E-state index contributed by atoms with van der Waals surface area (Å²) in [5, 5.41) is 3.63. The lowest BCUT2D eigenvalue weighted by Crippen LogP contribution is -2.36. The highest BCUT2D eigenvalue weighted by molar-refractivity contribution is 5.85. The minimum atomic E-state index is 0. The molecule has 84 valence electrons. The van der Waals surface area contributed by atoms with Crippen molar-refractivity contribution in [2.24, 2.45) is 5.92 Å². The van der Waals surface area contributed by atoms with E-state index in [-0.39, 0.29) is 12.4 Å². The highest BCUT2D eigenvalue weighted by Gasteiger charge is 2.20. The molecule has 0 radical (unpaired) electrons. The van der Waals surface area contributed by atoms with Crippen molar-refractivity contribution in [1.29, 1.82) is 0 Å². The van der Waals surface area contributed by atoms with Gasteiger partial charge in [-0.15, -0.1) is 12.4 Å². The zero-order chi connectivity index (χ0) is 8.93. The molecule has 0 aromatic rings. The van der Waals surface area contributed by atoms with E-state index in [0.29, 0.717) is 0 Å². The summed E-state index contributed by atoms with van der Waals surface area (Å²) in [7, 11) is 0. The number of piperidine rings is 1. The molecule has 14 heavy (non-hydrogen) atoms. The normalized spacial score (nSPS) is 29.6. The van der Waals surface area contributed by atoms with Gasteiger partial charge in [-0.2, -0.15) is 0 Å². The Bertz CT molecular complexity index is 126. The number of ether oxygens (including phenoxy) is 1. The standard InChI is InChI=1S/C11H21NO.ClH/c1-2-6-12-11(3-1)9-10-4-7-13-8-5-10;/h10-12H,1-9H2;1H. The Labute approximate surface area is 93.2 Å². The fraction of sp³-hybridized carbons (Fsp3) is 1.00. The Morgan fingerprint density at radius 1 is 1.07 bits per heavy atom. The Hall–Kier alpha value is 0.210. The third-order valence-electron chi connectivity index (χ3n) is 3.37. The van der Waals surface area contributed by atoms with Crippen molar-refractivity contribution >= 4 is 12.4 Å². The summed E-state index contributed by atoms with van der Waals surface area (Å²) in [4.78, 5) is 0. The van der Waals surface area contributed by atoms with Gasteiger partial charge in [0, 0.05) is 19.3 Å². The van der Waals surface area contributed by atoms with E-state index in [1.807, 2.05) is 0 Å². The molecule has 0 aromatic heterocycles. The quantitative estimate of drug-likeness (QED) is 0.770. The summed E-state index contributed by atoms with van der Waals surface area (Å²) in [5.74, 6) is 0.935. The van der Waals surface area contributed by atoms with Crippen molar-refractivity contribution < 1.29 is 4.74 Å². The predicted molar refractivity (Wildman–Crippen MR) is 61.0 cm³/mol. The molecule has 0 aliphatic carbocycles. The maximum absolute atomic E-state index is 5.37. The number of hydrogen-bond acceptors (Lipinski definition) is 2. The summed E-state index contributed by atoms with van der Waals surface area (Å²) < 4.78 is 5.37. The predicted octanol–water partition coefficient (Wildman–Crippen LogP) is 2.37. The molecule has 2 heterocycles. The highest BCUT2D eigenvalue weighted by Crippen LogP contribution is 2.23. The number of nitrogens with one attached hydrogen (secondary N) is 1. The molecule has 0 spiro atoms. The molecule has 0 bridgehead atoms. The van der Waals surface area contributed by atoms with Gasteiger partial charge in [-0.1, -0.05) is 6.42 Å². The first-order valence-electron chi connectivity index (χ1n) is 5.76. The topological polar surface area (TPSA) is 21.3 Å². The molecule has 2 saturated heterocycles. The van der Waals surface area contributed by atoms with Gasteiger partial charge in [0.25, 0.3) is 0 Å². The van der Waals surface area contributed by atoms with E-state index in [2.05, 4.69) is 5.32 Å². The van der Waals surface area contributed by atoms with Crippen LogP contribution in [0.15, 0.2) is 0 Å². The van der Waals surface area contributed by atoms with E-state index >= 15 is 0 Å². The smallest absolute Gasteiger partial charge is 0.0468 e. The van der Waals surface area contributed by atoms with Gasteiger partial charge in [0.1, 0.15) is 0 Å². The van der Waals surface area contributed by atoms with Crippen molar-refractivity contribution in [3.05, 3.63) is 0 Å². The maximum Gasteiger partial charge on any atom is 0.0468 e. The van der Waals surface area contributed by atoms with Crippen molar-refractivity contribution in [3.8, 4) is 0 Å². The first-order valence-corrected chi connectivity index (χ1v) is 5.76. The first-order chi connectivity index (χ1) is 6.45. The van der Waals surface area contributed by atoms with Crippen LogP contribution in [0.2, 0.25) is 0 Å². The zero-order valence-electron chi connectivity index (χ0n) is 8.84. The molecule has 2 nitrogen and oxygen atoms in total. The van der Waals surface area contributed by atoms with Crippen LogP contribution in [0.4, 0.5) is 0 Å². The first kappa shape index (κ1) is 12.3. The highest BCUT2D eigenvalue weighted by atomic mass is 35.5. The minimum Gasteiger partial charge on any atom is -0.381 e. The second-order valence-corrected chi connectivity index (χ2v) is 4.44. The number of rotatable bonds is 2. The van der Waals surface area contributed by atoms with E-state index in [1.54, 1.807) is 0 Å². The largest absolute Gasteiger partial charge is 0.381 e. The SMILES string of the molecule is C1CCC(CC2CCOCC2)NC1.Cl. The third-order valence-corrected chi connectivity index (χ3v) is 3.37. The van der Waals surface area contributed by atoms with Crippen LogP contribution in [-0.4, -0.2) is 25.8 Å². The summed E-state index contributed by atoms with van der Waals surface area (Å²) in [5.41, 5.74) is 0. The average Bonchev–Trinajstić information content (AvgIpc) is 2.21. The van der Waals surface area contributed by atoms with Crippen molar-refractivity contribution in [2.45, 2.75) is 44.6 Å². The van der Waals surface area contributed by atoms with Crippen LogP contribution in [-0.2, 0) is 4.74 Å². The van der Waals surface area contributed by atoms with Crippen molar-refractivity contribution in [2.75, 3.05) is 19.8 Å². The van der Waals surface area contributed by atoms with Crippen molar-refractivity contribution in [1.82, 2.24) is 5.32 Å². The van der Waals surface area contributed by atoms with E-state index in [1.165, 1.54) is 45.1 Å². The van der Waals surface area contributed by atoms with Gasteiger partial charge in [0.2, 0.25) is 0 Å². The van der Waals surface area contributed by atoms with Crippen LogP contribution < -0.4 is 5.32 Å². The third kappa shape index (κ3) is 3.76.